The van der Waals surface area contributed by atoms with Gasteiger partial charge in [0.1, 0.15) is 6.04 Å². The molecular formula is C13H13NO6. The highest BCUT2D eigenvalue weighted by Crippen LogP contribution is 2.26. The van der Waals surface area contributed by atoms with Gasteiger partial charge in [0.2, 0.25) is 5.91 Å². The first kappa shape index (κ1) is 13.9. The molecule has 1 aromatic rings. The van der Waals surface area contributed by atoms with E-state index < -0.39 is 17.9 Å². The van der Waals surface area contributed by atoms with Gasteiger partial charge in [0.25, 0.3) is 0 Å². The van der Waals surface area contributed by atoms with Crippen molar-refractivity contribution >= 4 is 17.7 Å². The van der Waals surface area contributed by atoms with Crippen LogP contribution in [-0.2, 0) is 20.8 Å². The average molecular weight is 279 g/mol. The number of aliphatic carboxylic acids is 1. The van der Waals surface area contributed by atoms with E-state index in [2.05, 4.69) is 0 Å². The van der Waals surface area contributed by atoms with Crippen molar-refractivity contribution in [3.8, 4) is 11.5 Å². The molecular weight excluding hydrogens is 266 g/mol. The van der Waals surface area contributed by atoms with Gasteiger partial charge in [-0.25, -0.2) is 4.79 Å². The summed E-state index contributed by atoms with van der Waals surface area (Å²) in [6.07, 6.45) is -0.327. The van der Waals surface area contributed by atoms with Crippen molar-refractivity contribution in [3.05, 3.63) is 23.8 Å². The van der Waals surface area contributed by atoms with Crippen molar-refractivity contribution in [3.63, 3.8) is 0 Å². The van der Waals surface area contributed by atoms with Crippen LogP contribution in [0.15, 0.2) is 18.2 Å². The molecule has 1 fully saturated rings. The predicted octanol–water partition coefficient (Wildman–Crippen LogP) is -0.105. The molecule has 0 aliphatic carbocycles. The maximum absolute atomic E-state index is 11.6. The number of hydrogen-bond donors (Lipinski definition) is 3. The summed E-state index contributed by atoms with van der Waals surface area (Å²) in [6.45, 7) is -0.208. The van der Waals surface area contributed by atoms with E-state index in [0.29, 0.717) is 5.56 Å². The van der Waals surface area contributed by atoms with E-state index in [1.54, 1.807) is 0 Å². The number of rotatable bonds is 4. The molecule has 7 nitrogen and oxygen atoms in total. The molecule has 1 aromatic carbocycles. The molecule has 0 saturated carbocycles. The van der Waals surface area contributed by atoms with Crippen LogP contribution in [0.2, 0.25) is 0 Å². The van der Waals surface area contributed by atoms with Gasteiger partial charge < -0.3 is 20.2 Å². The van der Waals surface area contributed by atoms with Crippen LogP contribution in [0.4, 0.5) is 0 Å². The monoisotopic (exact) mass is 279 g/mol. The van der Waals surface area contributed by atoms with Crippen LogP contribution in [0.1, 0.15) is 12.0 Å². The third-order valence-electron chi connectivity index (χ3n) is 3.15. The van der Waals surface area contributed by atoms with Gasteiger partial charge in [0.15, 0.2) is 17.3 Å². The maximum atomic E-state index is 11.6. The fourth-order valence-electron chi connectivity index (χ4n) is 2.14. The van der Waals surface area contributed by atoms with Gasteiger partial charge in [-0.05, 0) is 17.7 Å². The molecule has 1 atom stereocenters. The number of ketones is 1. The molecule has 0 bridgehead atoms. The van der Waals surface area contributed by atoms with E-state index in [1.807, 2.05) is 0 Å². The highest BCUT2D eigenvalue weighted by Gasteiger charge is 2.36. The van der Waals surface area contributed by atoms with E-state index in [4.69, 9.17) is 0 Å². The number of carbonyl (C=O) groups is 3. The molecule has 3 N–H and O–H groups in total. The van der Waals surface area contributed by atoms with Gasteiger partial charge in [0.05, 0.1) is 13.0 Å². The Labute approximate surface area is 114 Å². The Kier molecular flexibility index (Phi) is 3.60. The summed E-state index contributed by atoms with van der Waals surface area (Å²) in [4.78, 5) is 35.1. The van der Waals surface area contributed by atoms with Crippen LogP contribution < -0.4 is 0 Å². The third kappa shape index (κ3) is 2.71. The van der Waals surface area contributed by atoms with Crippen molar-refractivity contribution < 1.29 is 29.7 Å². The minimum atomic E-state index is -1.22. The molecule has 106 valence electrons. The minimum Gasteiger partial charge on any atom is -0.504 e. The van der Waals surface area contributed by atoms with E-state index in [9.17, 15) is 29.7 Å². The number of Topliss-reactive ketones (excluding diaryl/α,β-unsaturated/α-hetero) is 1. The van der Waals surface area contributed by atoms with E-state index in [0.717, 1.165) is 4.90 Å². The number of carboxylic acid groups (broad SMARTS) is 1. The number of nitrogens with zero attached hydrogens (tertiary/aromatic N) is 1. The van der Waals surface area contributed by atoms with Crippen molar-refractivity contribution in [1.82, 2.24) is 4.90 Å². The number of carboxylic acids is 1. The molecule has 1 aliphatic rings. The first-order valence-corrected chi connectivity index (χ1v) is 5.93. The standard InChI is InChI=1S/C13H13NO6/c15-8-5-12(18)14(6-8)9(13(19)20)3-7-1-2-10(16)11(17)4-7/h1-2,4,9,16-17H,3,5-6H2,(H,19,20). The largest absolute Gasteiger partial charge is 0.504 e. The lowest BCUT2D eigenvalue weighted by Crippen LogP contribution is -2.43. The highest BCUT2D eigenvalue weighted by molar-refractivity contribution is 6.06. The van der Waals surface area contributed by atoms with Crippen LogP contribution in [0.5, 0.6) is 11.5 Å². The molecule has 0 radical (unpaired) electrons. The van der Waals surface area contributed by atoms with E-state index >= 15 is 0 Å². The second-order valence-electron chi connectivity index (χ2n) is 4.62. The van der Waals surface area contributed by atoms with Crippen molar-refractivity contribution in [1.29, 1.82) is 0 Å². The maximum Gasteiger partial charge on any atom is 0.326 e. The molecule has 20 heavy (non-hydrogen) atoms. The second-order valence-corrected chi connectivity index (χ2v) is 4.62. The first-order chi connectivity index (χ1) is 9.38. The summed E-state index contributed by atoms with van der Waals surface area (Å²) in [5, 5.41) is 27.8. The van der Waals surface area contributed by atoms with Crippen molar-refractivity contribution in [2.45, 2.75) is 18.9 Å². The van der Waals surface area contributed by atoms with Gasteiger partial charge in [-0.1, -0.05) is 6.07 Å². The van der Waals surface area contributed by atoms with E-state index in [-0.39, 0.29) is 36.7 Å². The molecule has 1 unspecified atom stereocenters. The third-order valence-corrected chi connectivity index (χ3v) is 3.15. The number of phenols is 2. The lowest BCUT2D eigenvalue weighted by atomic mass is 10.0. The summed E-state index contributed by atoms with van der Waals surface area (Å²) in [5.41, 5.74) is 0.444. The lowest BCUT2D eigenvalue weighted by Gasteiger charge is -2.23. The Hall–Kier alpha value is -2.57. The molecule has 7 heteroatoms. The zero-order valence-corrected chi connectivity index (χ0v) is 10.4. The van der Waals surface area contributed by atoms with Crippen LogP contribution in [-0.4, -0.2) is 50.5 Å². The lowest BCUT2D eigenvalue weighted by molar-refractivity contribution is -0.148. The number of amides is 1. The Morgan fingerprint density at radius 1 is 1.25 bits per heavy atom. The number of likely N-dealkylation sites (tertiary alicyclic amines) is 1. The average Bonchev–Trinajstić information content (AvgIpc) is 2.69. The van der Waals surface area contributed by atoms with E-state index in [1.165, 1.54) is 18.2 Å². The summed E-state index contributed by atoms with van der Waals surface area (Å²) in [7, 11) is 0. The normalized spacial score (nSPS) is 16.5. The molecule has 0 aromatic heterocycles. The summed E-state index contributed by atoms with van der Waals surface area (Å²) in [6, 6.07) is 2.75. The summed E-state index contributed by atoms with van der Waals surface area (Å²) < 4.78 is 0. The van der Waals surface area contributed by atoms with Gasteiger partial charge in [-0.3, -0.25) is 9.59 Å². The van der Waals surface area contributed by atoms with Gasteiger partial charge >= 0.3 is 5.97 Å². The van der Waals surface area contributed by atoms with Gasteiger partial charge in [-0.2, -0.15) is 0 Å². The number of aromatic hydroxyl groups is 2. The Morgan fingerprint density at radius 2 is 1.95 bits per heavy atom. The first-order valence-electron chi connectivity index (χ1n) is 5.93. The molecule has 1 amide bonds. The number of benzene rings is 1. The smallest absolute Gasteiger partial charge is 0.326 e. The molecule has 0 spiro atoms. The van der Waals surface area contributed by atoms with Crippen LogP contribution >= 0.6 is 0 Å². The van der Waals surface area contributed by atoms with Crippen LogP contribution in [0.3, 0.4) is 0 Å². The fourth-order valence-corrected chi connectivity index (χ4v) is 2.14. The quantitative estimate of drug-likeness (QED) is 0.523. The predicted molar refractivity (Wildman–Crippen MR) is 66.2 cm³/mol. The molecule has 1 aliphatic heterocycles. The zero-order valence-electron chi connectivity index (χ0n) is 10.4. The van der Waals surface area contributed by atoms with Crippen molar-refractivity contribution in [2.75, 3.05) is 6.54 Å². The van der Waals surface area contributed by atoms with Gasteiger partial charge in [0, 0.05) is 6.42 Å². The summed E-state index contributed by atoms with van der Waals surface area (Å²) >= 11 is 0. The Morgan fingerprint density at radius 3 is 2.45 bits per heavy atom. The molecule has 1 saturated heterocycles. The number of carbonyl (C=O) groups excluding carboxylic acids is 2. The van der Waals surface area contributed by atoms with Gasteiger partial charge in [-0.15, -0.1) is 0 Å². The topological polar surface area (TPSA) is 115 Å². The number of phenolic OH excluding ortho intramolecular Hbond substituents is 2. The molecule has 1 heterocycles. The van der Waals surface area contributed by atoms with Crippen molar-refractivity contribution in [2.24, 2.45) is 0 Å². The van der Waals surface area contributed by atoms with Crippen LogP contribution in [0, 0.1) is 0 Å². The Balaban J connectivity index is 2.21. The zero-order chi connectivity index (χ0) is 14.9. The minimum absolute atomic E-state index is 0.0534. The van der Waals surface area contributed by atoms with Crippen LogP contribution in [0.25, 0.3) is 0 Å². The SMILES string of the molecule is O=C1CC(=O)N(C(Cc2ccc(O)c(O)c2)C(=O)O)C1. The fraction of sp³-hybridized carbons (Fsp3) is 0.308. The number of hydrogen-bond acceptors (Lipinski definition) is 5. The summed E-state index contributed by atoms with van der Waals surface area (Å²) in [5.74, 6) is -2.72. The Bertz CT molecular complexity index is 582. The molecule has 2 rings (SSSR count). The second kappa shape index (κ2) is 5.20. The highest BCUT2D eigenvalue weighted by atomic mass is 16.4.